The summed E-state index contributed by atoms with van der Waals surface area (Å²) in [5, 5.41) is 0. The molecule has 0 aliphatic carbocycles. The van der Waals surface area contributed by atoms with Gasteiger partial charge >= 0.3 is 0 Å². The van der Waals surface area contributed by atoms with E-state index in [0.29, 0.717) is 0 Å². The molecule has 0 amide bonds. The fourth-order valence-electron chi connectivity index (χ4n) is 1.19. The summed E-state index contributed by atoms with van der Waals surface area (Å²) in [7, 11) is 0. The van der Waals surface area contributed by atoms with Gasteiger partial charge in [-0.05, 0) is 28.1 Å². The molecule has 2 aromatic rings. The van der Waals surface area contributed by atoms with Crippen LogP contribution >= 0.6 is 27.3 Å². The summed E-state index contributed by atoms with van der Waals surface area (Å²) in [6.07, 6.45) is 1.28. The molecule has 16 heavy (non-hydrogen) atoms. The maximum absolute atomic E-state index is 13.6. The van der Waals surface area contributed by atoms with Gasteiger partial charge in [-0.3, -0.25) is 9.78 Å². The van der Waals surface area contributed by atoms with Gasteiger partial charge in [0.25, 0.3) is 0 Å². The van der Waals surface area contributed by atoms with Crippen molar-refractivity contribution in [2.24, 2.45) is 0 Å². The van der Waals surface area contributed by atoms with Crippen molar-refractivity contribution in [2.75, 3.05) is 0 Å². The van der Waals surface area contributed by atoms with Gasteiger partial charge in [0.05, 0.1) is 20.4 Å². The van der Waals surface area contributed by atoms with E-state index in [9.17, 15) is 13.6 Å². The number of nitrogens with zero attached hydrogens (tertiary/aromatic N) is 1. The first kappa shape index (κ1) is 11.3. The van der Waals surface area contributed by atoms with E-state index >= 15 is 0 Å². The van der Waals surface area contributed by atoms with Crippen molar-refractivity contribution in [2.45, 2.75) is 0 Å². The van der Waals surface area contributed by atoms with Gasteiger partial charge in [0, 0.05) is 6.20 Å². The highest BCUT2D eigenvalue weighted by atomic mass is 79.9. The number of carbonyl (C=O) groups is 1. The molecule has 1 heterocycles. The molecule has 0 atom stereocenters. The fourth-order valence-corrected chi connectivity index (χ4v) is 2.08. The molecule has 0 aliphatic heterocycles. The predicted octanol–water partition coefficient (Wildman–Crippen LogP) is 3.41. The SMILES string of the molecule is O=C(c1cncs1)c1c(F)ccc(Br)c1F. The third kappa shape index (κ3) is 1.90. The number of rotatable bonds is 2. The zero-order valence-corrected chi connectivity index (χ0v) is 10.1. The Kier molecular flexibility index (Phi) is 3.11. The number of hydrogen-bond acceptors (Lipinski definition) is 3. The number of aromatic nitrogens is 1. The van der Waals surface area contributed by atoms with E-state index in [1.54, 1.807) is 0 Å². The Hall–Kier alpha value is -1.14. The summed E-state index contributed by atoms with van der Waals surface area (Å²) in [6.45, 7) is 0. The van der Waals surface area contributed by atoms with E-state index < -0.39 is 23.0 Å². The van der Waals surface area contributed by atoms with Gasteiger partial charge in [0.2, 0.25) is 5.78 Å². The molecule has 0 fully saturated rings. The maximum atomic E-state index is 13.6. The van der Waals surface area contributed by atoms with Crippen LogP contribution in [-0.4, -0.2) is 10.8 Å². The van der Waals surface area contributed by atoms with Crippen LogP contribution in [0.2, 0.25) is 0 Å². The van der Waals surface area contributed by atoms with Crippen LogP contribution in [0.25, 0.3) is 0 Å². The Balaban J connectivity index is 2.56. The topological polar surface area (TPSA) is 30.0 Å². The average Bonchev–Trinajstić information content (AvgIpc) is 2.77. The van der Waals surface area contributed by atoms with Gasteiger partial charge in [-0.15, -0.1) is 11.3 Å². The van der Waals surface area contributed by atoms with E-state index in [-0.39, 0.29) is 9.35 Å². The molecule has 0 unspecified atom stereocenters. The third-order valence-electron chi connectivity index (χ3n) is 1.93. The zero-order chi connectivity index (χ0) is 11.7. The van der Waals surface area contributed by atoms with Gasteiger partial charge in [-0.1, -0.05) is 0 Å². The first-order chi connectivity index (χ1) is 7.61. The molecule has 0 aliphatic rings. The second-order valence-corrected chi connectivity index (χ2v) is 4.65. The van der Waals surface area contributed by atoms with Crippen LogP contribution < -0.4 is 0 Å². The fraction of sp³-hybridized carbons (Fsp3) is 0. The third-order valence-corrected chi connectivity index (χ3v) is 3.31. The number of benzene rings is 1. The van der Waals surface area contributed by atoms with Crippen LogP contribution in [-0.2, 0) is 0 Å². The largest absolute Gasteiger partial charge is 0.287 e. The molecule has 0 saturated heterocycles. The highest BCUT2D eigenvalue weighted by molar-refractivity contribution is 9.10. The van der Waals surface area contributed by atoms with E-state index in [2.05, 4.69) is 20.9 Å². The second-order valence-electron chi connectivity index (χ2n) is 2.91. The van der Waals surface area contributed by atoms with Gasteiger partial charge in [0.1, 0.15) is 5.82 Å². The minimum Gasteiger partial charge on any atom is -0.287 e. The molecule has 0 bridgehead atoms. The summed E-state index contributed by atoms with van der Waals surface area (Å²) < 4.78 is 27.0. The first-order valence-corrected chi connectivity index (χ1v) is 5.85. The quantitative estimate of drug-likeness (QED) is 0.628. The van der Waals surface area contributed by atoms with Gasteiger partial charge < -0.3 is 0 Å². The average molecular weight is 304 g/mol. The lowest BCUT2D eigenvalue weighted by Crippen LogP contribution is -2.06. The molecule has 2 rings (SSSR count). The number of thiazole rings is 1. The number of hydrogen-bond donors (Lipinski definition) is 0. The van der Waals surface area contributed by atoms with Crippen LogP contribution in [0.3, 0.4) is 0 Å². The molecule has 0 N–H and O–H groups in total. The molecule has 0 spiro atoms. The van der Waals surface area contributed by atoms with E-state index in [0.717, 1.165) is 17.4 Å². The Morgan fingerprint density at radius 2 is 2.12 bits per heavy atom. The summed E-state index contributed by atoms with van der Waals surface area (Å²) in [5.74, 6) is -2.46. The Morgan fingerprint density at radius 1 is 1.38 bits per heavy atom. The predicted molar refractivity (Wildman–Crippen MR) is 59.6 cm³/mol. The lowest BCUT2D eigenvalue weighted by Gasteiger charge is -2.03. The summed E-state index contributed by atoms with van der Waals surface area (Å²) >= 11 is 3.95. The first-order valence-electron chi connectivity index (χ1n) is 4.18. The van der Waals surface area contributed by atoms with Crippen LogP contribution in [0.5, 0.6) is 0 Å². The molecular formula is C10H4BrF2NOS. The van der Waals surface area contributed by atoms with Crippen LogP contribution in [0.1, 0.15) is 15.2 Å². The molecule has 0 saturated carbocycles. The Morgan fingerprint density at radius 3 is 2.75 bits per heavy atom. The van der Waals surface area contributed by atoms with E-state index in [4.69, 9.17) is 0 Å². The smallest absolute Gasteiger partial charge is 0.210 e. The highest BCUT2D eigenvalue weighted by Crippen LogP contribution is 2.24. The van der Waals surface area contributed by atoms with Crippen molar-refractivity contribution in [3.63, 3.8) is 0 Å². The van der Waals surface area contributed by atoms with Crippen molar-refractivity contribution in [1.29, 1.82) is 0 Å². The van der Waals surface area contributed by atoms with Crippen LogP contribution in [0.15, 0.2) is 28.3 Å². The minimum absolute atomic E-state index is 0.0572. The lowest BCUT2D eigenvalue weighted by atomic mass is 10.1. The molecule has 1 aromatic carbocycles. The van der Waals surface area contributed by atoms with E-state index in [1.165, 1.54) is 17.8 Å². The minimum atomic E-state index is -0.890. The summed E-state index contributed by atoms with van der Waals surface area (Å²) in [5.41, 5.74) is 0.875. The zero-order valence-electron chi connectivity index (χ0n) is 7.71. The van der Waals surface area contributed by atoms with E-state index in [1.807, 2.05) is 0 Å². The standard InChI is InChI=1S/C10H4BrF2NOS/c11-5-1-2-6(12)8(9(5)13)10(15)7-3-14-4-16-7/h1-4H. The van der Waals surface area contributed by atoms with Crippen molar-refractivity contribution in [1.82, 2.24) is 4.98 Å². The van der Waals surface area contributed by atoms with Crippen molar-refractivity contribution in [3.05, 3.63) is 50.4 Å². The molecule has 82 valence electrons. The molecular weight excluding hydrogens is 300 g/mol. The molecule has 0 radical (unpaired) electrons. The van der Waals surface area contributed by atoms with Crippen molar-refractivity contribution < 1.29 is 13.6 Å². The monoisotopic (exact) mass is 303 g/mol. The lowest BCUT2D eigenvalue weighted by molar-refractivity contribution is 0.103. The summed E-state index contributed by atoms with van der Waals surface area (Å²) in [6, 6.07) is 2.26. The van der Waals surface area contributed by atoms with Crippen molar-refractivity contribution in [3.8, 4) is 0 Å². The molecule has 6 heteroatoms. The van der Waals surface area contributed by atoms with Gasteiger partial charge in [0.15, 0.2) is 5.82 Å². The number of carbonyl (C=O) groups excluding carboxylic acids is 1. The van der Waals surface area contributed by atoms with Crippen LogP contribution in [0.4, 0.5) is 8.78 Å². The molecule has 1 aromatic heterocycles. The normalized spacial score (nSPS) is 10.4. The summed E-state index contributed by atoms with van der Waals surface area (Å²) in [4.78, 5) is 15.7. The highest BCUT2D eigenvalue weighted by Gasteiger charge is 2.21. The number of ketones is 1. The Bertz CT molecular complexity index is 542. The molecule has 2 nitrogen and oxygen atoms in total. The maximum Gasteiger partial charge on any atom is 0.210 e. The van der Waals surface area contributed by atoms with Crippen LogP contribution in [0, 0.1) is 11.6 Å². The van der Waals surface area contributed by atoms with Gasteiger partial charge in [-0.2, -0.15) is 0 Å². The van der Waals surface area contributed by atoms with Crippen molar-refractivity contribution >= 4 is 33.0 Å². The number of halogens is 3. The second kappa shape index (κ2) is 4.39. The Labute approximate surface area is 102 Å². The van der Waals surface area contributed by atoms with Gasteiger partial charge in [-0.25, -0.2) is 8.78 Å².